The van der Waals surface area contributed by atoms with Gasteiger partial charge in [0.2, 0.25) is 11.6 Å². The average molecular weight is 405 g/mol. The molecule has 1 saturated heterocycles. The van der Waals surface area contributed by atoms with E-state index in [0.29, 0.717) is 34.8 Å². The van der Waals surface area contributed by atoms with Gasteiger partial charge in [0.25, 0.3) is 5.88 Å². The van der Waals surface area contributed by atoms with Crippen LogP contribution in [0.1, 0.15) is 36.2 Å². The number of methoxy groups -OCH3 is 6. The molecular weight excluding hydrogens is 378 g/mol. The molecule has 2 heterocycles. The number of pyridine rings is 1. The number of rotatable bonds is 8. The summed E-state index contributed by atoms with van der Waals surface area (Å²) in [6.07, 6.45) is 1.29. The summed E-state index contributed by atoms with van der Waals surface area (Å²) in [4.78, 5) is 4.39. The van der Waals surface area contributed by atoms with Crippen LogP contribution < -0.4 is 28.4 Å². The third kappa shape index (κ3) is 3.98. The zero-order valence-corrected chi connectivity index (χ0v) is 17.6. The fourth-order valence-electron chi connectivity index (χ4n) is 3.56. The number of hydrogen-bond acceptors (Lipinski definition) is 8. The van der Waals surface area contributed by atoms with Crippen molar-refractivity contribution >= 4 is 0 Å². The van der Waals surface area contributed by atoms with Crippen LogP contribution >= 0.6 is 0 Å². The zero-order valence-electron chi connectivity index (χ0n) is 17.6. The highest BCUT2D eigenvalue weighted by Crippen LogP contribution is 2.48. The Morgan fingerprint density at radius 3 is 1.79 bits per heavy atom. The maximum Gasteiger partial charge on any atom is 0.260 e. The molecule has 29 heavy (non-hydrogen) atoms. The van der Waals surface area contributed by atoms with Crippen LogP contribution in [-0.2, 0) is 4.74 Å². The van der Waals surface area contributed by atoms with E-state index in [1.54, 1.807) is 35.5 Å². The molecule has 1 aliphatic rings. The van der Waals surface area contributed by atoms with Gasteiger partial charge in [-0.05, 0) is 36.6 Å². The van der Waals surface area contributed by atoms with Gasteiger partial charge in [0, 0.05) is 5.56 Å². The summed E-state index contributed by atoms with van der Waals surface area (Å²) >= 11 is 0. The summed E-state index contributed by atoms with van der Waals surface area (Å²) in [5.41, 5.74) is 1.77. The highest BCUT2D eigenvalue weighted by molar-refractivity contribution is 5.54. The Morgan fingerprint density at radius 2 is 1.28 bits per heavy atom. The van der Waals surface area contributed by atoms with Gasteiger partial charge >= 0.3 is 0 Å². The van der Waals surface area contributed by atoms with Gasteiger partial charge in [-0.3, -0.25) is 0 Å². The minimum Gasteiger partial charge on any atom is -0.493 e. The van der Waals surface area contributed by atoms with Gasteiger partial charge in [-0.1, -0.05) is 0 Å². The summed E-state index contributed by atoms with van der Waals surface area (Å²) < 4.78 is 38.8. The molecule has 1 aromatic heterocycles. The molecule has 1 aliphatic heterocycles. The molecule has 2 unspecified atom stereocenters. The number of aromatic nitrogens is 1. The molecule has 0 bridgehead atoms. The van der Waals surface area contributed by atoms with Crippen LogP contribution in [0.5, 0.6) is 34.8 Å². The van der Waals surface area contributed by atoms with Gasteiger partial charge < -0.3 is 33.2 Å². The van der Waals surface area contributed by atoms with Gasteiger partial charge in [-0.2, -0.15) is 4.98 Å². The second-order valence-corrected chi connectivity index (χ2v) is 6.45. The van der Waals surface area contributed by atoms with E-state index in [1.165, 1.54) is 7.11 Å². The molecule has 0 radical (unpaired) electrons. The predicted molar refractivity (Wildman–Crippen MR) is 106 cm³/mol. The van der Waals surface area contributed by atoms with E-state index in [9.17, 15) is 0 Å². The third-order valence-corrected chi connectivity index (χ3v) is 4.98. The summed E-state index contributed by atoms with van der Waals surface area (Å²) in [5, 5.41) is 0. The number of benzene rings is 1. The molecule has 0 saturated carbocycles. The molecule has 8 nitrogen and oxygen atoms in total. The summed E-state index contributed by atoms with van der Waals surface area (Å²) in [6, 6.07) is 5.68. The van der Waals surface area contributed by atoms with Crippen molar-refractivity contribution in [2.24, 2.45) is 0 Å². The normalized spacial score (nSPS) is 18.3. The van der Waals surface area contributed by atoms with Crippen LogP contribution in [0.4, 0.5) is 0 Å². The van der Waals surface area contributed by atoms with E-state index in [-0.39, 0.29) is 12.2 Å². The monoisotopic (exact) mass is 405 g/mol. The van der Waals surface area contributed by atoms with Crippen molar-refractivity contribution in [1.29, 1.82) is 0 Å². The summed E-state index contributed by atoms with van der Waals surface area (Å²) in [6.45, 7) is 0. The van der Waals surface area contributed by atoms with Crippen molar-refractivity contribution in [3.05, 3.63) is 29.3 Å². The smallest absolute Gasteiger partial charge is 0.260 e. The van der Waals surface area contributed by atoms with Crippen LogP contribution in [-0.4, -0.2) is 47.6 Å². The Balaban J connectivity index is 1.91. The van der Waals surface area contributed by atoms with Crippen molar-refractivity contribution in [2.45, 2.75) is 25.0 Å². The molecule has 0 amide bonds. The highest BCUT2D eigenvalue weighted by Gasteiger charge is 2.32. The van der Waals surface area contributed by atoms with Crippen LogP contribution in [0.3, 0.4) is 0 Å². The molecule has 0 spiro atoms. The molecule has 2 aromatic rings. The Bertz CT molecular complexity index is 830. The quantitative estimate of drug-likeness (QED) is 0.658. The van der Waals surface area contributed by atoms with Crippen molar-refractivity contribution in [3.63, 3.8) is 0 Å². The van der Waals surface area contributed by atoms with Crippen molar-refractivity contribution in [2.75, 3.05) is 42.7 Å². The minimum absolute atomic E-state index is 0.133. The largest absolute Gasteiger partial charge is 0.493 e. The van der Waals surface area contributed by atoms with Gasteiger partial charge in [-0.15, -0.1) is 0 Å². The van der Waals surface area contributed by atoms with E-state index in [2.05, 4.69) is 4.98 Å². The average Bonchev–Trinajstić information content (AvgIpc) is 3.26. The Kier molecular flexibility index (Phi) is 6.53. The first-order valence-electron chi connectivity index (χ1n) is 9.22. The van der Waals surface area contributed by atoms with Crippen LogP contribution in [0.15, 0.2) is 18.2 Å². The maximum absolute atomic E-state index is 6.35. The number of hydrogen-bond donors (Lipinski definition) is 0. The topological polar surface area (TPSA) is 77.5 Å². The molecule has 1 fully saturated rings. The lowest BCUT2D eigenvalue weighted by atomic mass is 10.0. The maximum atomic E-state index is 6.35. The number of ether oxygens (including phenoxy) is 7. The molecule has 0 N–H and O–H groups in total. The SMILES string of the molecule is COc1cc(C2CCC(c3cc(OC)c(OC)c(OC)c3)O2)c(OC)nc1OC. The number of nitrogens with zero attached hydrogens (tertiary/aromatic N) is 1. The first kappa shape index (κ1) is 20.9. The fraction of sp³-hybridized carbons (Fsp3) is 0.476. The Hall–Kier alpha value is -2.87. The van der Waals surface area contributed by atoms with E-state index in [4.69, 9.17) is 33.2 Å². The lowest BCUT2D eigenvalue weighted by Gasteiger charge is -2.19. The lowest BCUT2D eigenvalue weighted by molar-refractivity contribution is 0.0419. The first-order chi connectivity index (χ1) is 14.1. The third-order valence-electron chi connectivity index (χ3n) is 4.98. The first-order valence-corrected chi connectivity index (χ1v) is 9.22. The van der Waals surface area contributed by atoms with Gasteiger partial charge in [-0.25, -0.2) is 0 Å². The van der Waals surface area contributed by atoms with Gasteiger partial charge in [0.15, 0.2) is 17.2 Å². The van der Waals surface area contributed by atoms with Crippen LogP contribution in [0, 0.1) is 0 Å². The Morgan fingerprint density at radius 1 is 0.690 bits per heavy atom. The fourth-order valence-corrected chi connectivity index (χ4v) is 3.56. The van der Waals surface area contributed by atoms with Gasteiger partial charge in [0.05, 0.1) is 54.9 Å². The molecule has 158 valence electrons. The Labute approximate surface area is 170 Å². The lowest BCUT2D eigenvalue weighted by Crippen LogP contribution is -2.06. The van der Waals surface area contributed by atoms with E-state index in [1.807, 2.05) is 18.2 Å². The van der Waals surface area contributed by atoms with E-state index < -0.39 is 0 Å². The van der Waals surface area contributed by atoms with E-state index >= 15 is 0 Å². The van der Waals surface area contributed by atoms with Crippen molar-refractivity contribution < 1.29 is 33.2 Å². The molecule has 0 aliphatic carbocycles. The molecule has 8 heteroatoms. The van der Waals surface area contributed by atoms with Crippen LogP contribution in [0.2, 0.25) is 0 Å². The second-order valence-electron chi connectivity index (χ2n) is 6.45. The zero-order chi connectivity index (χ0) is 21.0. The second kappa shape index (κ2) is 9.09. The summed E-state index contributed by atoms with van der Waals surface area (Å²) in [7, 11) is 9.46. The molecule has 2 atom stereocenters. The standard InChI is InChI=1S/C21H27NO7/c1-23-16-9-12(10-17(24-2)19(16)26-4)14-7-8-15(29-14)13-11-18(25-3)21(28-6)22-20(13)27-5/h9-11,14-15H,7-8H2,1-6H3. The van der Waals surface area contributed by atoms with Crippen molar-refractivity contribution in [3.8, 4) is 34.8 Å². The van der Waals surface area contributed by atoms with E-state index in [0.717, 1.165) is 24.0 Å². The van der Waals surface area contributed by atoms with Gasteiger partial charge in [0.1, 0.15) is 0 Å². The summed E-state index contributed by atoms with van der Waals surface area (Å²) in [5.74, 6) is 3.10. The minimum atomic E-state index is -0.193. The molecule has 3 rings (SSSR count). The van der Waals surface area contributed by atoms with Crippen LogP contribution in [0.25, 0.3) is 0 Å². The predicted octanol–water partition coefficient (Wildman–Crippen LogP) is 3.73. The highest BCUT2D eigenvalue weighted by atomic mass is 16.5. The van der Waals surface area contributed by atoms with Crippen molar-refractivity contribution in [1.82, 2.24) is 4.98 Å². The molecule has 1 aromatic carbocycles. The molecular formula is C21H27NO7.